The molecule has 5 rings (SSSR count). The fourth-order valence-electron chi connectivity index (χ4n) is 4.80. The van der Waals surface area contributed by atoms with Gasteiger partial charge in [0.25, 0.3) is 11.8 Å². The lowest BCUT2D eigenvalue weighted by atomic mass is 9.87. The number of hydrogen-bond donors (Lipinski definition) is 3. The van der Waals surface area contributed by atoms with Crippen molar-refractivity contribution in [3.05, 3.63) is 41.2 Å². The lowest BCUT2D eigenvalue weighted by molar-refractivity contribution is -0.137. The molecule has 0 radical (unpaired) electrons. The van der Waals surface area contributed by atoms with E-state index >= 15 is 0 Å². The number of piperidine rings is 2. The van der Waals surface area contributed by atoms with Crippen molar-refractivity contribution in [2.45, 2.75) is 38.8 Å². The van der Waals surface area contributed by atoms with Gasteiger partial charge in [0.05, 0.1) is 17.8 Å². The summed E-state index contributed by atoms with van der Waals surface area (Å²) in [5, 5.41) is 15.8. The molecule has 12 heteroatoms. The van der Waals surface area contributed by atoms with Gasteiger partial charge >= 0.3 is 0 Å². The zero-order valence-corrected chi connectivity index (χ0v) is 19.1. The minimum absolute atomic E-state index is 0.0632. The predicted molar refractivity (Wildman–Crippen MR) is 120 cm³/mol. The number of amides is 5. The van der Waals surface area contributed by atoms with E-state index in [1.807, 2.05) is 6.92 Å². The normalized spacial score (nSPS) is 24.1. The van der Waals surface area contributed by atoms with Crippen LogP contribution in [0.15, 0.2) is 24.4 Å². The van der Waals surface area contributed by atoms with Gasteiger partial charge in [-0.3, -0.25) is 29.3 Å². The Morgan fingerprint density at radius 3 is 2.77 bits per heavy atom. The predicted octanol–water partition coefficient (Wildman–Crippen LogP) is -0.470. The molecule has 3 N–H and O–H groups in total. The van der Waals surface area contributed by atoms with Crippen molar-refractivity contribution >= 4 is 29.5 Å². The third-order valence-electron chi connectivity index (χ3n) is 6.90. The van der Waals surface area contributed by atoms with Crippen molar-refractivity contribution in [3.63, 3.8) is 0 Å². The maximum atomic E-state index is 12.9. The van der Waals surface area contributed by atoms with Crippen LogP contribution in [0.2, 0.25) is 0 Å². The molecule has 3 unspecified atom stereocenters. The van der Waals surface area contributed by atoms with Crippen LogP contribution in [0.4, 0.5) is 0 Å². The number of nitrogens with one attached hydrogen (secondary N) is 3. The smallest absolute Gasteiger partial charge is 0.273 e. The number of imide groups is 1. The molecular formula is C23H25N7O5. The van der Waals surface area contributed by atoms with Gasteiger partial charge in [-0.25, -0.2) is 4.68 Å². The summed E-state index contributed by atoms with van der Waals surface area (Å²) in [5.41, 5.74) is 1.91. The number of nitrogens with zero attached hydrogens (tertiary/aromatic N) is 4. The lowest BCUT2D eigenvalue weighted by Gasteiger charge is -2.29. The van der Waals surface area contributed by atoms with E-state index in [1.54, 1.807) is 18.2 Å². The fraction of sp³-hybridized carbons (Fsp3) is 0.435. The molecule has 0 bridgehead atoms. The number of carbonyl (C=O) groups excluding carboxylic acids is 5. The zero-order chi connectivity index (χ0) is 24.7. The minimum atomic E-state index is -0.688. The van der Waals surface area contributed by atoms with Crippen molar-refractivity contribution in [3.8, 4) is 5.69 Å². The van der Waals surface area contributed by atoms with Crippen molar-refractivity contribution < 1.29 is 24.0 Å². The zero-order valence-electron chi connectivity index (χ0n) is 19.1. The molecule has 3 atom stereocenters. The van der Waals surface area contributed by atoms with Crippen LogP contribution in [0.3, 0.4) is 0 Å². The Kier molecular flexibility index (Phi) is 5.79. The summed E-state index contributed by atoms with van der Waals surface area (Å²) in [5.74, 6) is -1.66. The molecule has 0 spiro atoms. The Labute approximate surface area is 200 Å². The van der Waals surface area contributed by atoms with Crippen molar-refractivity contribution in [2.24, 2.45) is 11.8 Å². The molecular weight excluding hydrogens is 454 g/mol. The quantitative estimate of drug-likeness (QED) is 0.490. The molecule has 4 heterocycles. The van der Waals surface area contributed by atoms with E-state index in [2.05, 4.69) is 26.3 Å². The lowest BCUT2D eigenvalue weighted by Crippen LogP contribution is -2.52. The summed E-state index contributed by atoms with van der Waals surface area (Å²) in [7, 11) is 0. The number of fused-ring (bicyclic) bond motifs is 1. The van der Waals surface area contributed by atoms with Gasteiger partial charge in [0, 0.05) is 31.6 Å². The highest BCUT2D eigenvalue weighted by molar-refractivity contribution is 6.05. The summed E-state index contributed by atoms with van der Waals surface area (Å²) in [4.78, 5) is 62.6. The number of aromatic nitrogens is 3. The Balaban J connectivity index is 1.26. The molecule has 5 amide bonds. The third kappa shape index (κ3) is 4.27. The molecule has 0 aliphatic carbocycles. The largest absolute Gasteiger partial charge is 0.356 e. The molecule has 2 aromatic rings. The number of rotatable bonds is 5. The second-order valence-corrected chi connectivity index (χ2v) is 9.16. The van der Waals surface area contributed by atoms with Crippen LogP contribution in [0.25, 0.3) is 5.69 Å². The number of hydrogen-bond acceptors (Lipinski definition) is 7. The van der Waals surface area contributed by atoms with Gasteiger partial charge in [-0.1, -0.05) is 12.1 Å². The van der Waals surface area contributed by atoms with Gasteiger partial charge in [-0.05, 0) is 42.5 Å². The highest BCUT2D eigenvalue weighted by atomic mass is 16.2. The van der Waals surface area contributed by atoms with Crippen LogP contribution in [0.5, 0.6) is 0 Å². The summed E-state index contributed by atoms with van der Waals surface area (Å²) < 4.78 is 1.43. The van der Waals surface area contributed by atoms with E-state index in [9.17, 15) is 24.0 Å². The van der Waals surface area contributed by atoms with Crippen molar-refractivity contribution in [2.75, 3.05) is 13.1 Å². The average molecular weight is 479 g/mol. The molecule has 0 saturated carbocycles. The van der Waals surface area contributed by atoms with Gasteiger partial charge in [0.15, 0.2) is 5.69 Å². The van der Waals surface area contributed by atoms with Gasteiger partial charge in [0.2, 0.25) is 17.7 Å². The van der Waals surface area contributed by atoms with E-state index in [-0.39, 0.29) is 54.8 Å². The topological polar surface area (TPSA) is 155 Å². The monoisotopic (exact) mass is 479 g/mol. The Hall–Kier alpha value is -4.09. The van der Waals surface area contributed by atoms with Crippen LogP contribution >= 0.6 is 0 Å². The van der Waals surface area contributed by atoms with Gasteiger partial charge < -0.3 is 15.5 Å². The second kappa shape index (κ2) is 8.93. The molecule has 3 aliphatic rings. The molecule has 2 saturated heterocycles. The summed E-state index contributed by atoms with van der Waals surface area (Å²) in [6, 6.07) is 4.42. The molecule has 1 aromatic heterocycles. The van der Waals surface area contributed by atoms with Crippen molar-refractivity contribution in [1.82, 2.24) is 35.8 Å². The van der Waals surface area contributed by atoms with E-state index in [1.165, 1.54) is 15.8 Å². The SMILES string of the molecule is CC1CCNC(=O)C1CNC(=O)c1cn(-c2ccc3c(c2)CN(C2CCC(=O)NC2=O)C3=O)nn1. The maximum absolute atomic E-state index is 12.9. The molecule has 3 aliphatic heterocycles. The van der Waals surface area contributed by atoms with Gasteiger partial charge in [-0.15, -0.1) is 5.10 Å². The third-order valence-corrected chi connectivity index (χ3v) is 6.90. The van der Waals surface area contributed by atoms with E-state index < -0.39 is 17.9 Å². The minimum Gasteiger partial charge on any atom is -0.356 e. The first-order valence-electron chi connectivity index (χ1n) is 11.6. The highest BCUT2D eigenvalue weighted by Gasteiger charge is 2.39. The van der Waals surface area contributed by atoms with E-state index in [4.69, 9.17) is 0 Å². The summed E-state index contributed by atoms with van der Waals surface area (Å²) in [6.45, 7) is 3.09. The van der Waals surface area contributed by atoms with Crippen LogP contribution in [-0.4, -0.2) is 68.6 Å². The first-order chi connectivity index (χ1) is 16.8. The number of benzene rings is 1. The average Bonchev–Trinajstić information content (AvgIpc) is 3.44. The van der Waals surface area contributed by atoms with Crippen LogP contribution in [0, 0.1) is 11.8 Å². The Bertz CT molecular complexity index is 1240. The van der Waals surface area contributed by atoms with Crippen molar-refractivity contribution in [1.29, 1.82) is 0 Å². The van der Waals surface area contributed by atoms with Crippen LogP contribution in [0.1, 0.15) is 52.6 Å². The van der Waals surface area contributed by atoms with Crippen LogP contribution < -0.4 is 16.0 Å². The summed E-state index contributed by atoms with van der Waals surface area (Å²) in [6.07, 6.45) is 2.83. The Morgan fingerprint density at radius 2 is 2.00 bits per heavy atom. The Morgan fingerprint density at radius 1 is 1.17 bits per heavy atom. The standard InChI is InChI=1S/C23H25N7O5/c1-12-6-7-24-20(32)16(12)9-25-21(33)17-11-30(28-27-17)14-2-3-15-13(8-14)10-29(23(15)35)18-4-5-19(31)26-22(18)34/h2-3,8,11-12,16,18H,4-7,9-10H2,1H3,(H,24,32)(H,25,33)(H,26,31,34). The molecule has 182 valence electrons. The van der Waals surface area contributed by atoms with Crippen LogP contribution in [-0.2, 0) is 20.9 Å². The number of carbonyl (C=O) groups is 5. The van der Waals surface area contributed by atoms with E-state index in [0.29, 0.717) is 24.2 Å². The second-order valence-electron chi connectivity index (χ2n) is 9.16. The van der Waals surface area contributed by atoms with E-state index in [0.717, 1.165) is 12.0 Å². The first kappa shape index (κ1) is 22.7. The molecule has 35 heavy (non-hydrogen) atoms. The first-order valence-corrected chi connectivity index (χ1v) is 11.6. The summed E-state index contributed by atoms with van der Waals surface area (Å²) >= 11 is 0. The van der Waals surface area contributed by atoms with Gasteiger partial charge in [0.1, 0.15) is 6.04 Å². The molecule has 2 fully saturated rings. The maximum Gasteiger partial charge on any atom is 0.273 e. The molecule has 12 nitrogen and oxygen atoms in total. The highest BCUT2D eigenvalue weighted by Crippen LogP contribution is 2.29. The molecule has 1 aromatic carbocycles. The van der Waals surface area contributed by atoms with Gasteiger partial charge in [-0.2, -0.15) is 0 Å². The fourth-order valence-corrected chi connectivity index (χ4v) is 4.80.